The molecule has 0 atom stereocenters. The van der Waals surface area contributed by atoms with Crippen molar-refractivity contribution in [2.45, 2.75) is 26.8 Å². The molecule has 0 aliphatic heterocycles. The lowest BCUT2D eigenvalue weighted by atomic mass is 10.1. The molecule has 0 saturated carbocycles. The number of amides is 1. The van der Waals surface area contributed by atoms with E-state index in [2.05, 4.69) is 12.2 Å². The summed E-state index contributed by atoms with van der Waals surface area (Å²) >= 11 is 0. The molecule has 4 nitrogen and oxygen atoms in total. The number of carbonyl (C=O) groups is 2. The Labute approximate surface area is 124 Å². The average molecular weight is 283 g/mol. The number of nitrogens with zero attached hydrogens (tertiary/aromatic N) is 1. The zero-order valence-corrected chi connectivity index (χ0v) is 12.3. The van der Waals surface area contributed by atoms with Crippen LogP contribution in [0.3, 0.4) is 0 Å². The average Bonchev–Trinajstić information content (AvgIpc) is 2.48. The summed E-state index contributed by atoms with van der Waals surface area (Å²) in [7, 11) is 0. The predicted molar refractivity (Wildman–Crippen MR) is 81.1 cm³/mol. The van der Waals surface area contributed by atoms with Crippen molar-refractivity contribution in [1.29, 1.82) is 0 Å². The SMILES string of the molecule is CCc1cc[n+](CC(=O)Nc2ccc(C(C)=O)cc2)cc1. The molecule has 0 aliphatic rings. The molecule has 2 rings (SSSR count). The second kappa shape index (κ2) is 6.79. The van der Waals surface area contributed by atoms with Crippen LogP contribution in [0.15, 0.2) is 48.8 Å². The van der Waals surface area contributed by atoms with Crippen molar-refractivity contribution in [3.8, 4) is 0 Å². The Balaban J connectivity index is 1.95. The second-order valence-corrected chi connectivity index (χ2v) is 4.91. The fourth-order valence-electron chi connectivity index (χ4n) is 1.98. The molecule has 1 amide bonds. The van der Waals surface area contributed by atoms with Crippen molar-refractivity contribution < 1.29 is 14.2 Å². The molecule has 0 spiro atoms. The van der Waals surface area contributed by atoms with Crippen LogP contribution in [0, 0.1) is 0 Å². The smallest absolute Gasteiger partial charge is 0.290 e. The molecule has 0 saturated heterocycles. The monoisotopic (exact) mass is 283 g/mol. The standard InChI is InChI=1S/C17H18N2O2/c1-3-14-8-10-19(11-9-14)12-17(21)18-16-6-4-15(5-7-16)13(2)20/h4-11H,3,12H2,1-2H3/p+1. The summed E-state index contributed by atoms with van der Waals surface area (Å²) in [6, 6.07) is 10.9. The number of anilines is 1. The van der Waals surface area contributed by atoms with E-state index in [1.807, 2.05) is 29.1 Å². The maximum absolute atomic E-state index is 12.0. The number of benzene rings is 1. The van der Waals surface area contributed by atoms with Gasteiger partial charge in [0.1, 0.15) is 0 Å². The van der Waals surface area contributed by atoms with Gasteiger partial charge in [0, 0.05) is 23.4 Å². The number of ketones is 1. The van der Waals surface area contributed by atoms with Gasteiger partial charge in [-0.1, -0.05) is 6.92 Å². The maximum Gasteiger partial charge on any atom is 0.290 e. The molecule has 1 N–H and O–H groups in total. The lowest BCUT2D eigenvalue weighted by Crippen LogP contribution is -2.39. The molecule has 1 heterocycles. The minimum atomic E-state index is -0.0974. The Morgan fingerprint density at radius 2 is 1.67 bits per heavy atom. The Hall–Kier alpha value is -2.49. The van der Waals surface area contributed by atoms with Crippen molar-refractivity contribution in [3.05, 3.63) is 59.9 Å². The molecular weight excluding hydrogens is 264 g/mol. The fourth-order valence-corrected chi connectivity index (χ4v) is 1.98. The molecule has 108 valence electrons. The van der Waals surface area contributed by atoms with Crippen LogP contribution in [0.1, 0.15) is 29.8 Å². The van der Waals surface area contributed by atoms with Gasteiger partial charge >= 0.3 is 0 Å². The van der Waals surface area contributed by atoms with E-state index in [1.54, 1.807) is 24.3 Å². The largest absolute Gasteiger partial charge is 0.321 e. The van der Waals surface area contributed by atoms with E-state index in [1.165, 1.54) is 12.5 Å². The molecular formula is C17H19N2O2+. The van der Waals surface area contributed by atoms with E-state index in [4.69, 9.17) is 0 Å². The summed E-state index contributed by atoms with van der Waals surface area (Å²) in [5.41, 5.74) is 2.57. The lowest BCUT2D eigenvalue weighted by molar-refractivity contribution is -0.684. The zero-order valence-electron chi connectivity index (χ0n) is 12.3. The quantitative estimate of drug-likeness (QED) is 0.676. The van der Waals surface area contributed by atoms with E-state index < -0.39 is 0 Å². The van der Waals surface area contributed by atoms with Crippen LogP contribution in [-0.2, 0) is 17.8 Å². The van der Waals surface area contributed by atoms with Gasteiger partial charge < -0.3 is 5.32 Å². The third kappa shape index (κ3) is 4.24. The van der Waals surface area contributed by atoms with Crippen LogP contribution in [-0.4, -0.2) is 11.7 Å². The molecule has 0 radical (unpaired) electrons. The summed E-state index contributed by atoms with van der Waals surface area (Å²) in [5, 5.41) is 2.81. The van der Waals surface area contributed by atoms with Crippen LogP contribution in [0.4, 0.5) is 5.69 Å². The van der Waals surface area contributed by atoms with Gasteiger partial charge in [0.15, 0.2) is 18.2 Å². The lowest BCUT2D eigenvalue weighted by Gasteiger charge is -2.04. The minimum absolute atomic E-state index is 0.0134. The van der Waals surface area contributed by atoms with E-state index in [-0.39, 0.29) is 18.2 Å². The predicted octanol–water partition coefficient (Wildman–Crippen LogP) is 2.38. The number of rotatable bonds is 5. The minimum Gasteiger partial charge on any atom is -0.321 e. The van der Waals surface area contributed by atoms with Gasteiger partial charge in [-0.2, -0.15) is 4.57 Å². The number of hydrogen-bond acceptors (Lipinski definition) is 2. The van der Waals surface area contributed by atoms with Crippen molar-refractivity contribution >= 4 is 17.4 Å². The summed E-state index contributed by atoms with van der Waals surface area (Å²) in [6.07, 6.45) is 4.78. The highest BCUT2D eigenvalue weighted by Gasteiger charge is 2.09. The van der Waals surface area contributed by atoms with E-state index in [0.717, 1.165) is 6.42 Å². The van der Waals surface area contributed by atoms with Crippen LogP contribution < -0.4 is 9.88 Å². The number of pyridine rings is 1. The van der Waals surface area contributed by atoms with E-state index >= 15 is 0 Å². The highest BCUT2D eigenvalue weighted by molar-refractivity contribution is 5.95. The topological polar surface area (TPSA) is 50.0 Å². The first-order valence-electron chi connectivity index (χ1n) is 6.97. The van der Waals surface area contributed by atoms with Gasteiger partial charge in [0.2, 0.25) is 6.54 Å². The molecule has 21 heavy (non-hydrogen) atoms. The molecule has 0 unspecified atom stereocenters. The normalized spacial score (nSPS) is 10.2. The summed E-state index contributed by atoms with van der Waals surface area (Å²) in [6.45, 7) is 3.87. The highest BCUT2D eigenvalue weighted by atomic mass is 16.2. The number of carbonyl (C=O) groups excluding carboxylic acids is 2. The fraction of sp³-hybridized carbons (Fsp3) is 0.235. The summed E-state index contributed by atoms with van der Waals surface area (Å²) in [4.78, 5) is 23.1. The number of aryl methyl sites for hydroxylation is 1. The second-order valence-electron chi connectivity index (χ2n) is 4.91. The third-order valence-corrected chi connectivity index (χ3v) is 3.27. The van der Waals surface area contributed by atoms with Crippen molar-refractivity contribution in [2.24, 2.45) is 0 Å². The van der Waals surface area contributed by atoms with Crippen LogP contribution >= 0.6 is 0 Å². The van der Waals surface area contributed by atoms with E-state index in [0.29, 0.717) is 11.3 Å². The van der Waals surface area contributed by atoms with Gasteiger partial charge in [0.05, 0.1) is 0 Å². The number of hydrogen-bond donors (Lipinski definition) is 1. The van der Waals surface area contributed by atoms with Gasteiger partial charge in [-0.05, 0) is 43.2 Å². The van der Waals surface area contributed by atoms with Crippen LogP contribution in [0.5, 0.6) is 0 Å². The van der Waals surface area contributed by atoms with Gasteiger partial charge in [-0.15, -0.1) is 0 Å². The van der Waals surface area contributed by atoms with Crippen molar-refractivity contribution in [1.82, 2.24) is 0 Å². The van der Waals surface area contributed by atoms with E-state index in [9.17, 15) is 9.59 Å². The Kier molecular flexibility index (Phi) is 4.82. The number of aromatic nitrogens is 1. The molecule has 1 aromatic carbocycles. The highest BCUT2D eigenvalue weighted by Crippen LogP contribution is 2.09. The number of nitrogens with one attached hydrogen (secondary N) is 1. The van der Waals surface area contributed by atoms with Crippen molar-refractivity contribution in [2.75, 3.05) is 5.32 Å². The molecule has 0 aliphatic carbocycles. The molecule has 0 fully saturated rings. The first-order valence-corrected chi connectivity index (χ1v) is 6.97. The van der Waals surface area contributed by atoms with Gasteiger partial charge in [0.25, 0.3) is 5.91 Å². The van der Waals surface area contributed by atoms with Gasteiger partial charge in [-0.25, -0.2) is 0 Å². The Morgan fingerprint density at radius 1 is 1.05 bits per heavy atom. The first-order chi connectivity index (χ1) is 10.1. The summed E-state index contributed by atoms with van der Waals surface area (Å²) in [5.74, 6) is -0.0840. The first kappa shape index (κ1) is 14.9. The Morgan fingerprint density at radius 3 is 2.19 bits per heavy atom. The third-order valence-electron chi connectivity index (χ3n) is 3.27. The Bertz CT molecular complexity index is 631. The summed E-state index contributed by atoms with van der Waals surface area (Å²) < 4.78 is 1.83. The molecule has 2 aromatic rings. The number of Topliss-reactive ketones (excluding diaryl/α,β-unsaturated/α-hetero) is 1. The van der Waals surface area contributed by atoms with Crippen LogP contribution in [0.25, 0.3) is 0 Å². The maximum atomic E-state index is 12.0. The van der Waals surface area contributed by atoms with Gasteiger partial charge in [-0.3, -0.25) is 9.59 Å². The zero-order chi connectivity index (χ0) is 15.2. The molecule has 4 heteroatoms. The van der Waals surface area contributed by atoms with Crippen molar-refractivity contribution in [3.63, 3.8) is 0 Å². The molecule has 1 aromatic heterocycles. The molecule has 0 bridgehead atoms. The van der Waals surface area contributed by atoms with Crippen LogP contribution in [0.2, 0.25) is 0 Å².